The molecule has 1 aromatic rings. The lowest BCUT2D eigenvalue weighted by Gasteiger charge is -2.23. The summed E-state index contributed by atoms with van der Waals surface area (Å²) in [5.41, 5.74) is 1.50. The Balaban J connectivity index is 2.05. The summed E-state index contributed by atoms with van der Waals surface area (Å²) in [5, 5.41) is 3.28. The van der Waals surface area contributed by atoms with Crippen LogP contribution < -0.4 is 5.32 Å². The van der Waals surface area contributed by atoms with E-state index >= 15 is 0 Å². The molecule has 1 aliphatic heterocycles. The summed E-state index contributed by atoms with van der Waals surface area (Å²) in [6, 6.07) is 4.10. The summed E-state index contributed by atoms with van der Waals surface area (Å²) in [6.07, 6.45) is 3.84. The number of hydrogen-bond donors (Lipinski definition) is 1. The van der Waals surface area contributed by atoms with Crippen molar-refractivity contribution in [2.45, 2.75) is 25.8 Å². The van der Waals surface area contributed by atoms with Crippen molar-refractivity contribution in [1.29, 1.82) is 0 Å². The first kappa shape index (κ1) is 14.2. The molecule has 1 atom stereocenters. The summed E-state index contributed by atoms with van der Waals surface area (Å²) in [5.74, 6) is 2.21. The fourth-order valence-electron chi connectivity index (χ4n) is 2.10. The van der Waals surface area contributed by atoms with Gasteiger partial charge in [0, 0.05) is 37.3 Å². The van der Waals surface area contributed by atoms with Crippen LogP contribution in [0.5, 0.6) is 0 Å². The molecule has 2 rings (SSSR count). The van der Waals surface area contributed by atoms with E-state index < -0.39 is 0 Å². The van der Waals surface area contributed by atoms with E-state index in [2.05, 4.69) is 17.2 Å². The van der Waals surface area contributed by atoms with Crippen molar-refractivity contribution in [2.24, 2.45) is 0 Å². The molecular formula is C14H21N3OS. The monoisotopic (exact) mass is 279 g/mol. The van der Waals surface area contributed by atoms with Gasteiger partial charge < -0.3 is 10.2 Å². The van der Waals surface area contributed by atoms with Gasteiger partial charge in [-0.15, -0.1) is 0 Å². The molecule has 0 spiro atoms. The quantitative estimate of drug-likeness (QED) is 0.899. The second-order valence-corrected chi connectivity index (χ2v) is 5.94. The van der Waals surface area contributed by atoms with Gasteiger partial charge in [0.15, 0.2) is 0 Å². The second-order valence-electron chi connectivity index (χ2n) is 4.79. The largest absolute Gasteiger partial charge is 0.385 e. The van der Waals surface area contributed by atoms with E-state index in [-0.39, 0.29) is 5.91 Å². The van der Waals surface area contributed by atoms with Crippen LogP contribution in [0.2, 0.25) is 0 Å². The van der Waals surface area contributed by atoms with E-state index in [4.69, 9.17) is 0 Å². The van der Waals surface area contributed by atoms with Crippen LogP contribution >= 0.6 is 11.8 Å². The van der Waals surface area contributed by atoms with Gasteiger partial charge in [-0.2, -0.15) is 11.8 Å². The van der Waals surface area contributed by atoms with E-state index in [1.807, 2.05) is 35.8 Å². The highest BCUT2D eigenvalue weighted by Crippen LogP contribution is 2.22. The van der Waals surface area contributed by atoms with Crippen molar-refractivity contribution in [3.05, 3.63) is 24.0 Å². The molecule has 1 aliphatic rings. The highest BCUT2D eigenvalue weighted by Gasteiger charge is 2.25. The van der Waals surface area contributed by atoms with E-state index in [9.17, 15) is 4.79 Å². The van der Waals surface area contributed by atoms with Gasteiger partial charge in [0.25, 0.3) is 5.91 Å². The van der Waals surface area contributed by atoms with E-state index in [0.29, 0.717) is 11.7 Å². The summed E-state index contributed by atoms with van der Waals surface area (Å²) in [4.78, 5) is 18.4. The van der Waals surface area contributed by atoms with Gasteiger partial charge in [-0.1, -0.05) is 6.92 Å². The van der Waals surface area contributed by atoms with Crippen molar-refractivity contribution >= 4 is 23.4 Å². The first-order chi connectivity index (χ1) is 9.22. The number of nitrogens with zero attached hydrogens (tertiary/aromatic N) is 2. The number of rotatable bonds is 5. The fraction of sp³-hybridized carbons (Fsp3) is 0.571. The van der Waals surface area contributed by atoms with Crippen molar-refractivity contribution in [3.8, 4) is 0 Å². The smallest absolute Gasteiger partial charge is 0.272 e. The number of pyridine rings is 1. The zero-order chi connectivity index (χ0) is 13.7. The van der Waals surface area contributed by atoms with Crippen molar-refractivity contribution in [2.75, 3.05) is 30.4 Å². The lowest BCUT2D eigenvalue weighted by molar-refractivity contribution is 0.0742. The minimum atomic E-state index is 0.0210. The van der Waals surface area contributed by atoms with Crippen LogP contribution in [0.1, 0.15) is 30.3 Å². The lowest BCUT2D eigenvalue weighted by atomic mass is 10.2. The van der Waals surface area contributed by atoms with Crippen molar-refractivity contribution in [1.82, 2.24) is 9.88 Å². The molecule has 0 saturated carbocycles. The Hall–Kier alpha value is -1.23. The SMILES string of the molecule is CCCNc1ccnc(C(=O)N(C)C2CCSC2)c1. The Morgan fingerprint density at radius 1 is 1.63 bits per heavy atom. The summed E-state index contributed by atoms with van der Waals surface area (Å²) < 4.78 is 0. The summed E-state index contributed by atoms with van der Waals surface area (Å²) >= 11 is 1.91. The van der Waals surface area contributed by atoms with Crippen LogP contribution in [0, 0.1) is 0 Å². The van der Waals surface area contributed by atoms with Crippen molar-refractivity contribution in [3.63, 3.8) is 0 Å². The second kappa shape index (κ2) is 6.80. The van der Waals surface area contributed by atoms with Crippen LogP contribution in [0.3, 0.4) is 0 Å². The Morgan fingerprint density at radius 2 is 2.47 bits per heavy atom. The van der Waals surface area contributed by atoms with Crippen LogP contribution in [-0.2, 0) is 0 Å². The zero-order valence-corrected chi connectivity index (χ0v) is 12.4. The third-order valence-corrected chi connectivity index (χ3v) is 4.48. The Labute approximate surface area is 119 Å². The molecule has 1 unspecified atom stereocenters. The molecule has 1 amide bonds. The Bertz CT molecular complexity index is 432. The molecule has 19 heavy (non-hydrogen) atoms. The van der Waals surface area contributed by atoms with Crippen LogP contribution in [-0.4, -0.2) is 46.9 Å². The number of aromatic nitrogens is 1. The van der Waals surface area contributed by atoms with Gasteiger partial charge >= 0.3 is 0 Å². The molecule has 104 valence electrons. The average Bonchev–Trinajstić information content (AvgIpc) is 2.98. The topological polar surface area (TPSA) is 45.2 Å². The number of nitrogens with one attached hydrogen (secondary N) is 1. The molecule has 0 bridgehead atoms. The number of hydrogen-bond acceptors (Lipinski definition) is 4. The Morgan fingerprint density at radius 3 is 3.16 bits per heavy atom. The third kappa shape index (κ3) is 3.62. The minimum Gasteiger partial charge on any atom is -0.385 e. The predicted octanol–water partition coefficient (Wildman–Crippen LogP) is 2.48. The van der Waals surface area contributed by atoms with Gasteiger partial charge in [-0.25, -0.2) is 0 Å². The number of carbonyl (C=O) groups is 1. The molecule has 5 heteroatoms. The van der Waals surface area contributed by atoms with Crippen LogP contribution in [0.15, 0.2) is 18.3 Å². The molecule has 0 aliphatic carbocycles. The Kier molecular flexibility index (Phi) is 5.07. The summed E-state index contributed by atoms with van der Waals surface area (Å²) in [6.45, 7) is 3.03. The first-order valence-corrected chi connectivity index (χ1v) is 7.92. The fourth-order valence-corrected chi connectivity index (χ4v) is 3.37. The molecule has 4 nitrogen and oxygen atoms in total. The third-order valence-electron chi connectivity index (χ3n) is 3.33. The van der Waals surface area contributed by atoms with Gasteiger partial charge in [-0.05, 0) is 30.7 Å². The maximum atomic E-state index is 12.4. The van der Waals surface area contributed by atoms with E-state index in [0.717, 1.165) is 36.6 Å². The number of anilines is 1. The van der Waals surface area contributed by atoms with Crippen molar-refractivity contribution < 1.29 is 4.79 Å². The molecule has 0 radical (unpaired) electrons. The van der Waals surface area contributed by atoms with Gasteiger partial charge in [0.05, 0.1) is 0 Å². The lowest BCUT2D eigenvalue weighted by Crippen LogP contribution is -2.37. The molecule has 0 aromatic carbocycles. The van der Waals surface area contributed by atoms with E-state index in [1.54, 1.807) is 6.20 Å². The standard InChI is InChI=1S/C14H21N3OS/c1-3-6-15-11-4-7-16-13(9-11)14(18)17(2)12-5-8-19-10-12/h4,7,9,12H,3,5-6,8,10H2,1-2H3,(H,15,16). The number of amides is 1. The van der Waals surface area contributed by atoms with Gasteiger partial charge in [0.2, 0.25) is 0 Å². The first-order valence-electron chi connectivity index (χ1n) is 6.77. The highest BCUT2D eigenvalue weighted by molar-refractivity contribution is 7.99. The van der Waals surface area contributed by atoms with Gasteiger partial charge in [-0.3, -0.25) is 9.78 Å². The minimum absolute atomic E-state index is 0.0210. The highest BCUT2D eigenvalue weighted by atomic mass is 32.2. The maximum Gasteiger partial charge on any atom is 0.272 e. The molecular weight excluding hydrogens is 258 g/mol. The normalized spacial score (nSPS) is 18.3. The molecule has 1 saturated heterocycles. The molecule has 1 N–H and O–H groups in total. The average molecular weight is 279 g/mol. The molecule has 1 fully saturated rings. The zero-order valence-electron chi connectivity index (χ0n) is 11.6. The molecule has 2 heterocycles. The summed E-state index contributed by atoms with van der Waals surface area (Å²) in [7, 11) is 1.88. The van der Waals surface area contributed by atoms with Gasteiger partial charge in [0.1, 0.15) is 5.69 Å². The van der Waals surface area contributed by atoms with Crippen LogP contribution in [0.25, 0.3) is 0 Å². The van der Waals surface area contributed by atoms with E-state index in [1.165, 1.54) is 0 Å². The maximum absolute atomic E-state index is 12.4. The predicted molar refractivity (Wildman–Crippen MR) is 80.8 cm³/mol. The molecule has 1 aromatic heterocycles. The number of thioether (sulfide) groups is 1. The number of carbonyl (C=O) groups excluding carboxylic acids is 1. The van der Waals surface area contributed by atoms with Crippen LogP contribution in [0.4, 0.5) is 5.69 Å².